The van der Waals surface area contributed by atoms with E-state index in [1.807, 2.05) is 36.4 Å². The summed E-state index contributed by atoms with van der Waals surface area (Å²) in [4.78, 5) is 45.0. The van der Waals surface area contributed by atoms with Crippen LogP contribution in [0.1, 0.15) is 39.1 Å². The van der Waals surface area contributed by atoms with E-state index in [2.05, 4.69) is 10.2 Å². The fourth-order valence-corrected chi connectivity index (χ4v) is 5.02. The summed E-state index contributed by atoms with van der Waals surface area (Å²) in [5.74, 6) is -0.270. The molecule has 1 atom stereocenters. The minimum Gasteiger partial charge on any atom is -0.379 e. The molecule has 0 bridgehead atoms. The highest BCUT2D eigenvalue weighted by molar-refractivity contribution is 6.11. The summed E-state index contributed by atoms with van der Waals surface area (Å²) in [6.07, 6.45) is 1.51. The largest absolute Gasteiger partial charge is 0.379 e. The maximum absolute atomic E-state index is 13.5. The molecule has 0 aliphatic carbocycles. The number of amides is 3. The quantitative estimate of drug-likeness (QED) is 0.709. The number of rotatable bonds is 6. The number of fused-ring (bicyclic) bond motifs is 2. The molecule has 8 heteroatoms. The van der Waals surface area contributed by atoms with Crippen LogP contribution in [0.25, 0.3) is 0 Å². The first-order valence-corrected chi connectivity index (χ1v) is 12.0. The molecule has 0 aromatic heterocycles. The van der Waals surface area contributed by atoms with Crippen molar-refractivity contribution in [1.29, 1.82) is 0 Å². The fraction of sp³-hybridized carbons (Fsp3) is 0.423. The molecule has 8 nitrogen and oxygen atoms in total. The van der Waals surface area contributed by atoms with Gasteiger partial charge < -0.3 is 19.9 Å². The lowest BCUT2D eigenvalue weighted by molar-refractivity contribution is -0.122. The Kier molecular flexibility index (Phi) is 6.60. The number of nitrogens with one attached hydrogen (secondary N) is 1. The SMILES string of the molecule is O=C(NCCN1CCOCC1)c1cccc(CN2C(=O)C3CCCN3C(=O)c3ccccc32)c1. The summed E-state index contributed by atoms with van der Waals surface area (Å²) in [6, 6.07) is 14.2. The molecule has 0 saturated carbocycles. The molecule has 2 aromatic rings. The number of anilines is 1. The Morgan fingerprint density at radius 3 is 2.71 bits per heavy atom. The number of carbonyl (C=O) groups excluding carboxylic acids is 3. The second-order valence-corrected chi connectivity index (χ2v) is 9.01. The third-order valence-corrected chi connectivity index (χ3v) is 6.84. The molecule has 1 unspecified atom stereocenters. The van der Waals surface area contributed by atoms with Gasteiger partial charge in [-0.15, -0.1) is 0 Å². The molecule has 3 aliphatic heterocycles. The van der Waals surface area contributed by atoms with Gasteiger partial charge in [0, 0.05) is 38.3 Å². The summed E-state index contributed by atoms with van der Waals surface area (Å²) in [6.45, 7) is 5.52. The topological polar surface area (TPSA) is 82.2 Å². The number of ether oxygens (including phenoxy) is 1. The molecule has 3 aliphatic rings. The third-order valence-electron chi connectivity index (χ3n) is 6.84. The van der Waals surface area contributed by atoms with Crippen molar-refractivity contribution in [2.75, 3.05) is 50.8 Å². The standard InChI is InChI=1S/C26H30N4O4/c31-24(27-10-12-28-13-15-34-16-14-28)20-6-3-5-19(17-20)18-30-22-8-2-1-7-21(22)25(32)29-11-4-9-23(29)26(30)33/h1-3,5-8,17,23H,4,9-16,18H2,(H,27,31). The molecule has 178 valence electrons. The van der Waals surface area contributed by atoms with E-state index >= 15 is 0 Å². The minimum absolute atomic E-state index is 0.0591. The monoisotopic (exact) mass is 462 g/mol. The van der Waals surface area contributed by atoms with Crippen molar-refractivity contribution in [3.05, 3.63) is 65.2 Å². The van der Waals surface area contributed by atoms with Gasteiger partial charge >= 0.3 is 0 Å². The highest BCUT2D eigenvalue weighted by Gasteiger charge is 2.41. The summed E-state index contributed by atoms with van der Waals surface area (Å²) in [5, 5.41) is 2.99. The highest BCUT2D eigenvalue weighted by atomic mass is 16.5. The summed E-state index contributed by atoms with van der Waals surface area (Å²) in [7, 11) is 0. The second-order valence-electron chi connectivity index (χ2n) is 9.01. The Morgan fingerprint density at radius 1 is 1.03 bits per heavy atom. The number of benzene rings is 2. The Balaban J connectivity index is 1.31. The van der Waals surface area contributed by atoms with Gasteiger partial charge in [0.25, 0.3) is 11.8 Å². The zero-order valence-electron chi connectivity index (χ0n) is 19.2. The fourth-order valence-electron chi connectivity index (χ4n) is 5.02. The minimum atomic E-state index is -0.424. The van der Waals surface area contributed by atoms with Gasteiger partial charge in [0.1, 0.15) is 6.04 Å². The molecule has 1 N–H and O–H groups in total. The first kappa shape index (κ1) is 22.6. The molecule has 3 heterocycles. The molecule has 2 aromatic carbocycles. The van der Waals surface area contributed by atoms with Crippen molar-refractivity contribution in [2.24, 2.45) is 0 Å². The Hall–Kier alpha value is -3.23. The van der Waals surface area contributed by atoms with E-state index in [1.54, 1.807) is 21.9 Å². The number of carbonyl (C=O) groups is 3. The summed E-state index contributed by atoms with van der Waals surface area (Å²) in [5.41, 5.74) is 2.60. The van der Waals surface area contributed by atoms with Crippen LogP contribution in [0.4, 0.5) is 5.69 Å². The van der Waals surface area contributed by atoms with Crippen LogP contribution >= 0.6 is 0 Å². The lowest BCUT2D eigenvalue weighted by Crippen LogP contribution is -2.44. The molecule has 34 heavy (non-hydrogen) atoms. The Bertz CT molecular complexity index is 1080. The lowest BCUT2D eigenvalue weighted by Gasteiger charge is -2.26. The van der Waals surface area contributed by atoms with E-state index < -0.39 is 6.04 Å². The summed E-state index contributed by atoms with van der Waals surface area (Å²) < 4.78 is 5.36. The predicted molar refractivity (Wildman–Crippen MR) is 128 cm³/mol. The molecule has 0 spiro atoms. The molecule has 0 radical (unpaired) electrons. The number of hydrogen-bond donors (Lipinski definition) is 1. The van der Waals surface area contributed by atoms with Crippen LogP contribution in [-0.2, 0) is 16.1 Å². The van der Waals surface area contributed by atoms with Gasteiger partial charge in [0.15, 0.2) is 0 Å². The molecule has 2 fully saturated rings. The third kappa shape index (κ3) is 4.56. The number of nitrogens with zero attached hydrogens (tertiary/aromatic N) is 3. The van der Waals surface area contributed by atoms with Crippen molar-refractivity contribution < 1.29 is 19.1 Å². The van der Waals surface area contributed by atoms with E-state index in [4.69, 9.17) is 4.74 Å². The van der Waals surface area contributed by atoms with Crippen molar-refractivity contribution in [3.63, 3.8) is 0 Å². The first-order chi connectivity index (χ1) is 16.6. The maximum atomic E-state index is 13.5. The van der Waals surface area contributed by atoms with Crippen LogP contribution in [0, 0.1) is 0 Å². The number of hydrogen-bond acceptors (Lipinski definition) is 5. The van der Waals surface area contributed by atoms with Crippen LogP contribution < -0.4 is 10.2 Å². The predicted octanol–water partition coefficient (Wildman–Crippen LogP) is 1.90. The van der Waals surface area contributed by atoms with Crippen molar-refractivity contribution in [1.82, 2.24) is 15.1 Å². The Morgan fingerprint density at radius 2 is 1.85 bits per heavy atom. The van der Waals surface area contributed by atoms with Gasteiger partial charge in [-0.05, 0) is 42.7 Å². The molecular weight excluding hydrogens is 432 g/mol. The zero-order chi connectivity index (χ0) is 23.5. The normalized spacial score (nSPS) is 20.6. The van der Waals surface area contributed by atoms with E-state index in [0.717, 1.165) is 44.8 Å². The summed E-state index contributed by atoms with van der Waals surface area (Å²) >= 11 is 0. The van der Waals surface area contributed by atoms with Crippen LogP contribution in [0.5, 0.6) is 0 Å². The van der Waals surface area contributed by atoms with Crippen molar-refractivity contribution in [2.45, 2.75) is 25.4 Å². The van der Waals surface area contributed by atoms with E-state index in [-0.39, 0.29) is 17.7 Å². The van der Waals surface area contributed by atoms with Gasteiger partial charge in [-0.1, -0.05) is 24.3 Å². The van der Waals surface area contributed by atoms with Crippen LogP contribution in [-0.4, -0.2) is 79.5 Å². The number of para-hydroxylation sites is 1. The van der Waals surface area contributed by atoms with Gasteiger partial charge in [0.05, 0.1) is 31.0 Å². The van der Waals surface area contributed by atoms with Gasteiger partial charge in [-0.2, -0.15) is 0 Å². The van der Waals surface area contributed by atoms with Crippen molar-refractivity contribution >= 4 is 23.4 Å². The van der Waals surface area contributed by atoms with Gasteiger partial charge in [-0.3, -0.25) is 19.3 Å². The van der Waals surface area contributed by atoms with E-state index in [9.17, 15) is 14.4 Å². The lowest BCUT2D eigenvalue weighted by atomic mass is 10.1. The van der Waals surface area contributed by atoms with E-state index in [0.29, 0.717) is 42.9 Å². The second kappa shape index (κ2) is 9.95. The van der Waals surface area contributed by atoms with Gasteiger partial charge in [-0.25, -0.2) is 0 Å². The van der Waals surface area contributed by atoms with Crippen LogP contribution in [0.3, 0.4) is 0 Å². The average Bonchev–Trinajstić information content (AvgIpc) is 3.35. The smallest absolute Gasteiger partial charge is 0.256 e. The Labute approximate surface area is 199 Å². The molecular formula is C26H30N4O4. The molecule has 2 saturated heterocycles. The maximum Gasteiger partial charge on any atom is 0.256 e. The molecule has 5 rings (SSSR count). The van der Waals surface area contributed by atoms with Crippen molar-refractivity contribution in [3.8, 4) is 0 Å². The zero-order valence-corrected chi connectivity index (χ0v) is 19.2. The van der Waals surface area contributed by atoms with Crippen LogP contribution in [0.2, 0.25) is 0 Å². The van der Waals surface area contributed by atoms with Gasteiger partial charge in [0.2, 0.25) is 5.91 Å². The number of morpholine rings is 1. The highest BCUT2D eigenvalue weighted by Crippen LogP contribution is 2.33. The average molecular weight is 463 g/mol. The van der Waals surface area contributed by atoms with E-state index in [1.165, 1.54) is 0 Å². The first-order valence-electron chi connectivity index (χ1n) is 12.0. The van der Waals surface area contributed by atoms with Crippen LogP contribution in [0.15, 0.2) is 48.5 Å². The molecule has 3 amide bonds.